The predicted molar refractivity (Wildman–Crippen MR) is 161 cm³/mol. The minimum absolute atomic E-state index is 0.273. The van der Waals surface area contributed by atoms with E-state index in [0.717, 1.165) is 65.8 Å². The number of fused-ring (bicyclic) bond motifs is 1. The third kappa shape index (κ3) is 9.08. The average molecular weight is 537 g/mol. The summed E-state index contributed by atoms with van der Waals surface area (Å²) >= 11 is 0. The lowest BCUT2D eigenvalue weighted by atomic mass is 10.1. The van der Waals surface area contributed by atoms with Gasteiger partial charge in [0.2, 0.25) is 6.41 Å². The number of hydrogen-bond donors (Lipinski definition) is 5. The van der Waals surface area contributed by atoms with E-state index in [-0.39, 0.29) is 6.10 Å². The number of rotatable bonds is 7. The lowest BCUT2D eigenvalue weighted by molar-refractivity contribution is -0.110. The highest BCUT2D eigenvalue weighted by atomic mass is 16.5. The lowest BCUT2D eigenvalue weighted by Crippen LogP contribution is -2.26. The van der Waals surface area contributed by atoms with Crippen molar-refractivity contribution in [2.24, 2.45) is 5.73 Å². The van der Waals surface area contributed by atoms with Crippen LogP contribution in [0.4, 0.5) is 11.4 Å². The fourth-order valence-corrected chi connectivity index (χ4v) is 4.07. The molecular weight excluding hydrogens is 492 g/mol. The highest BCUT2D eigenvalue weighted by molar-refractivity contribution is 5.82. The minimum Gasteiger partial charge on any atom is -0.457 e. The van der Waals surface area contributed by atoms with Crippen molar-refractivity contribution >= 4 is 23.5 Å². The first-order valence-corrected chi connectivity index (χ1v) is 13.4. The van der Waals surface area contributed by atoms with Crippen molar-refractivity contribution < 1.29 is 14.3 Å². The second-order valence-electron chi connectivity index (χ2n) is 8.64. The van der Waals surface area contributed by atoms with Crippen LogP contribution in [-0.2, 0) is 9.53 Å². The van der Waals surface area contributed by atoms with Gasteiger partial charge in [-0.3, -0.25) is 9.47 Å². The standard InChI is InChI=1S/C21H22N4O.C6H11NO2.C2H6.CH5N/c1-14-12-23-25-13-19(22)15(2)21(25)20(14)24-16-8-10-18(11-9-16)26-17-6-4-3-5-7-17;8-5-7-4-6-2-1-3-9-6;2*1-2/h3-11,13,23-24H,12,22H2,1-2H3;5-6H,1-4H2,(H,7,8);1-2H3;2H2,1H3. The molecule has 1 aromatic heterocycles. The quantitative estimate of drug-likeness (QED) is 0.266. The molecule has 7 N–H and O–H groups in total. The summed E-state index contributed by atoms with van der Waals surface area (Å²) in [5.41, 5.74) is 20.2. The van der Waals surface area contributed by atoms with Crippen molar-refractivity contribution in [3.8, 4) is 11.5 Å². The van der Waals surface area contributed by atoms with Crippen molar-refractivity contribution in [3.05, 3.63) is 77.6 Å². The Balaban J connectivity index is 0.000000345. The van der Waals surface area contributed by atoms with E-state index in [1.807, 2.05) is 86.2 Å². The first-order valence-electron chi connectivity index (χ1n) is 13.4. The van der Waals surface area contributed by atoms with Crippen LogP contribution in [0.2, 0.25) is 0 Å². The van der Waals surface area contributed by atoms with Crippen molar-refractivity contribution in [1.29, 1.82) is 0 Å². The van der Waals surface area contributed by atoms with Crippen LogP contribution in [0.15, 0.2) is 66.4 Å². The summed E-state index contributed by atoms with van der Waals surface area (Å²) in [6.45, 7) is 10.5. The Bertz CT molecular complexity index is 1150. The third-order valence-electron chi connectivity index (χ3n) is 6.03. The van der Waals surface area contributed by atoms with Crippen LogP contribution in [0, 0.1) is 6.92 Å². The molecule has 0 radical (unpaired) electrons. The van der Waals surface area contributed by atoms with Crippen LogP contribution in [-0.4, -0.2) is 43.9 Å². The van der Waals surface area contributed by atoms with Crippen molar-refractivity contribution in [2.75, 3.05) is 43.2 Å². The number of nitrogens with one attached hydrogen (secondary N) is 3. The third-order valence-corrected chi connectivity index (χ3v) is 6.03. The molecule has 2 aromatic carbocycles. The van der Waals surface area contributed by atoms with E-state index in [1.54, 1.807) is 0 Å². The number of ether oxygens (including phenoxy) is 2. The normalized spacial score (nSPS) is 15.1. The Hall–Kier alpha value is -3.95. The Kier molecular flexibility index (Phi) is 13.5. The van der Waals surface area contributed by atoms with E-state index in [4.69, 9.17) is 15.2 Å². The summed E-state index contributed by atoms with van der Waals surface area (Å²) in [5.74, 6) is 1.63. The highest BCUT2D eigenvalue weighted by Crippen LogP contribution is 2.31. The highest BCUT2D eigenvalue weighted by Gasteiger charge is 2.21. The van der Waals surface area contributed by atoms with Gasteiger partial charge in [0.1, 0.15) is 11.5 Å². The number of para-hydroxylation sites is 1. The molecule has 212 valence electrons. The molecule has 9 nitrogen and oxygen atoms in total. The van der Waals surface area contributed by atoms with Gasteiger partial charge in [0.15, 0.2) is 0 Å². The summed E-state index contributed by atoms with van der Waals surface area (Å²) in [7, 11) is 1.50. The van der Waals surface area contributed by atoms with Crippen molar-refractivity contribution in [1.82, 2.24) is 9.99 Å². The van der Waals surface area contributed by atoms with Gasteiger partial charge in [0, 0.05) is 30.6 Å². The largest absolute Gasteiger partial charge is 0.457 e. The average Bonchev–Trinajstić information content (AvgIpc) is 3.61. The van der Waals surface area contributed by atoms with Crippen LogP contribution in [0.1, 0.15) is 44.9 Å². The maximum absolute atomic E-state index is 9.79. The van der Waals surface area contributed by atoms with Crippen molar-refractivity contribution in [2.45, 2.75) is 46.6 Å². The molecule has 0 spiro atoms. The first kappa shape index (κ1) is 31.3. The number of carbonyl (C=O) groups excluding carboxylic acids is 1. The molecule has 2 aliphatic rings. The number of hydrogen-bond acceptors (Lipinski definition) is 7. The topological polar surface area (TPSA) is 129 Å². The van der Waals surface area contributed by atoms with Gasteiger partial charge in [0.25, 0.3) is 0 Å². The maximum Gasteiger partial charge on any atom is 0.207 e. The van der Waals surface area contributed by atoms with E-state index >= 15 is 0 Å². The zero-order valence-corrected chi connectivity index (χ0v) is 23.8. The molecule has 2 aliphatic heterocycles. The zero-order chi connectivity index (χ0) is 28.6. The van der Waals surface area contributed by atoms with Gasteiger partial charge in [-0.2, -0.15) is 0 Å². The molecule has 9 heteroatoms. The molecule has 5 rings (SSSR count). The first-order chi connectivity index (χ1) is 19.0. The molecular formula is C30H44N6O3. The molecule has 1 atom stereocenters. The Morgan fingerprint density at radius 2 is 1.74 bits per heavy atom. The molecule has 39 heavy (non-hydrogen) atoms. The fourth-order valence-electron chi connectivity index (χ4n) is 4.07. The van der Waals surface area contributed by atoms with E-state index in [1.165, 1.54) is 12.6 Å². The number of nitrogens with two attached hydrogens (primary N) is 2. The summed E-state index contributed by atoms with van der Waals surface area (Å²) < 4.78 is 13.1. The number of aromatic nitrogens is 1. The number of nitrogen functional groups attached to an aromatic ring is 1. The fraction of sp³-hybridized carbons (Fsp3) is 0.367. The van der Waals surface area contributed by atoms with Crippen LogP contribution in [0.5, 0.6) is 11.5 Å². The number of benzene rings is 2. The summed E-state index contributed by atoms with van der Waals surface area (Å²) in [4.78, 5) is 9.79. The zero-order valence-electron chi connectivity index (χ0n) is 23.8. The predicted octanol–water partition coefficient (Wildman–Crippen LogP) is 5.08. The van der Waals surface area contributed by atoms with Crippen molar-refractivity contribution in [3.63, 3.8) is 0 Å². The van der Waals surface area contributed by atoms with Gasteiger partial charge in [0.05, 0.1) is 29.7 Å². The number of anilines is 2. The second-order valence-corrected chi connectivity index (χ2v) is 8.64. The minimum atomic E-state index is 0.273. The molecule has 0 aliphatic carbocycles. The Morgan fingerprint density at radius 1 is 1.08 bits per heavy atom. The number of carbonyl (C=O) groups is 1. The summed E-state index contributed by atoms with van der Waals surface area (Å²) in [6.07, 6.45) is 5.12. The molecule has 1 unspecified atom stereocenters. The molecule has 3 heterocycles. The lowest BCUT2D eigenvalue weighted by Gasteiger charge is -2.24. The SMILES string of the molecule is CC.CC1=C(Nc2ccc(Oc3ccccc3)cc2)c2c(C)c(N)cn2NC1.CN.O=CNCC1CCCO1. The van der Waals surface area contributed by atoms with Crippen LogP contribution < -0.4 is 32.3 Å². The molecule has 1 amide bonds. The molecule has 1 saturated heterocycles. The molecule has 3 aromatic rings. The number of nitrogens with zero attached hydrogens (tertiary/aromatic N) is 1. The Morgan fingerprint density at radius 3 is 2.36 bits per heavy atom. The van der Waals surface area contributed by atoms with E-state index in [0.29, 0.717) is 13.0 Å². The van der Waals surface area contributed by atoms with E-state index in [2.05, 4.69) is 28.7 Å². The van der Waals surface area contributed by atoms with Gasteiger partial charge >= 0.3 is 0 Å². The van der Waals surface area contributed by atoms with Crippen LogP contribution in [0.3, 0.4) is 0 Å². The molecule has 0 bridgehead atoms. The summed E-state index contributed by atoms with van der Waals surface area (Å²) in [5, 5.41) is 6.12. The van der Waals surface area contributed by atoms with Gasteiger partial charge in [-0.05, 0) is 75.7 Å². The van der Waals surface area contributed by atoms with Gasteiger partial charge < -0.3 is 37.0 Å². The number of amides is 1. The summed E-state index contributed by atoms with van der Waals surface area (Å²) in [6, 6.07) is 17.7. The van der Waals surface area contributed by atoms with Crippen LogP contribution in [0.25, 0.3) is 5.70 Å². The second kappa shape index (κ2) is 16.8. The van der Waals surface area contributed by atoms with Gasteiger partial charge in [-0.15, -0.1) is 0 Å². The van der Waals surface area contributed by atoms with Crippen LogP contribution >= 0.6 is 0 Å². The smallest absolute Gasteiger partial charge is 0.207 e. The van der Waals surface area contributed by atoms with E-state index < -0.39 is 0 Å². The van der Waals surface area contributed by atoms with E-state index in [9.17, 15) is 4.79 Å². The monoisotopic (exact) mass is 536 g/mol. The Labute approximate surface area is 232 Å². The van der Waals surface area contributed by atoms with Gasteiger partial charge in [-0.25, -0.2) is 0 Å². The maximum atomic E-state index is 9.79. The van der Waals surface area contributed by atoms with Gasteiger partial charge in [-0.1, -0.05) is 32.0 Å². The molecule has 0 saturated carbocycles. The molecule has 1 fully saturated rings.